The first kappa shape index (κ1) is 41.0. The van der Waals surface area contributed by atoms with Gasteiger partial charge in [-0.2, -0.15) is 0 Å². The minimum atomic E-state index is -3.96. The molecule has 63 heavy (non-hydrogen) atoms. The van der Waals surface area contributed by atoms with Crippen molar-refractivity contribution < 1.29 is 46.7 Å². The summed E-state index contributed by atoms with van der Waals surface area (Å²) in [5, 5.41) is 1.64. The van der Waals surface area contributed by atoms with E-state index in [9.17, 15) is 14.5 Å². The molecule has 0 bridgehead atoms. The van der Waals surface area contributed by atoms with Crippen molar-refractivity contribution >= 4 is 50.6 Å². The smallest absolute Gasteiger partial charge is 0.354 e. The van der Waals surface area contributed by atoms with E-state index in [1.807, 2.05) is 91.0 Å². The van der Waals surface area contributed by atoms with Crippen LogP contribution in [0.2, 0.25) is 0 Å². The molecular formula is C50H42O10P3+. The van der Waals surface area contributed by atoms with Gasteiger partial charge < -0.3 is 23.0 Å². The highest BCUT2D eigenvalue weighted by atomic mass is 31.2. The molecule has 0 radical (unpaired) electrons. The number of carbonyl (C=O) groups is 2. The van der Waals surface area contributed by atoms with E-state index in [4.69, 9.17) is 23.0 Å². The highest BCUT2D eigenvalue weighted by Crippen LogP contribution is 2.69. The van der Waals surface area contributed by atoms with Crippen molar-refractivity contribution in [3.05, 3.63) is 167 Å². The molecule has 0 saturated carbocycles. The van der Waals surface area contributed by atoms with Crippen molar-refractivity contribution in [2.75, 3.05) is 0 Å². The predicted molar refractivity (Wildman–Crippen MR) is 246 cm³/mol. The van der Waals surface area contributed by atoms with Crippen LogP contribution in [0.25, 0.3) is 27.8 Å². The minimum absolute atomic E-state index is 0.0616. The summed E-state index contributed by atoms with van der Waals surface area (Å²) >= 11 is 0. The third-order valence-electron chi connectivity index (χ3n) is 11.8. The first-order chi connectivity index (χ1) is 30.4. The summed E-state index contributed by atoms with van der Waals surface area (Å²) < 4.78 is 63.6. The molecule has 6 aromatic rings. The van der Waals surface area contributed by atoms with Crippen LogP contribution >= 0.6 is 22.5 Å². The number of hydrogen-bond donors (Lipinski definition) is 1. The van der Waals surface area contributed by atoms with E-state index in [0.29, 0.717) is 46.0 Å². The van der Waals surface area contributed by atoms with Crippen molar-refractivity contribution in [3.63, 3.8) is 0 Å². The number of esters is 2. The number of hydrogen-bond acceptors (Lipinski definition) is 10. The van der Waals surface area contributed by atoms with E-state index >= 15 is 9.13 Å². The van der Waals surface area contributed by atoms with E-state index in [-0.39, 0.29) is 46.7 Å². The second-order valence-electron chi connectivity index (χ2n) is 16.0. The van der Waals surface area contributed by atoms with E-state index in [1.165, 1.54) is 13.8 Å². The summed E-state index contributed by atoms with van der Waals surface area (Å²) in [6.07, 6.45) is 4.87. The monoisotopic (exact) mass is 895 g/mol. The van der Waals surface area contributed by atoms with Crippen molar-refractivity contribution in [1.29, 1.82) is 0 Å². The summed E-state index contributed by atoms with van der Waals surface area (Å²) in [5.74, 6) is -0.216. The van der Waals surface area contributed by atoms with Crippen molar-refractivity contribution in [2.45, 2.75) is 51.6 Å². The van der Waals surface area contributed by atoms with Crippen LogP contribution in [-0.2, 0) is 37.2 Å². The van der Waals surface area contributed by atoms with Gasteiger partial charge >= 0.3 is 19.7 Å². The zero-order valence-corrected chi connectivity index (χ0v) is 37.2. The summed E-state index contributed by atoms with van der Waals surface area (Å²) in [5.41, 5.74) is 5.50. The number of allylic oxidation sites excluding steroid dienone is 4. The lowest BCUT2D eigenvalue weighted by molar-refractivity contribution is -0.132. The van der Waals surface area contributed by atoms with Crippen LogP contribution in [0.5, 0.6) is 28.7 Å². The van der Waals surface area contributed by atoms with Gasteiger partial charge in [0.2, 0.25) is 0 Å². The largest absolute Gasteiger partial charge is 0.439 e. The molecule has 1 N–H and O–H groups in total. The Balaban J connectivity index is 1.22. The summed E-state index contributed by atoms with van der Waals surface area (Å²) in [4.78, 5) is 39.5. The van der Waals surface area contributed by atoms with Crippen molar-refractivity contribution in [1.82, 2.24) is 0 Å². The third kappa shape index (κ3) is 7.35. The number of benzene rings is 6. The highest BCUT2D eigenvalue weighted by Gasteiger charge is 2.51. The number of para-hydroxylation sites is 3. The molecule has 0 spiro atoms. The van der Waals surface area contributed by atoms with Gasteiger partial charge in [-0.05, 0) is 66.8 Å². The maximum Gasteiger partial charge on any atom is 0.354 e. The molecule has 4 aliphatic rings. The highest BCUT2D eigenvalue weighted by molar-refractivity contribution is 7.73. The zero-order valence-electron chi connectivity index (χ0n) is 34.5. The summed E-state index contributed by atoms with van der Waals surface area (Å²) in [7, 11) is -11.5. The minimum Gasteiger partial charge on any atom is -0.439 e. The Morgan fingerprint density at radius 1 is 0.635 bits per heavy atom. The first-order valence-corrected chi connectivity index (χ1v) is 26.2. The lowest BCUT2D eigenvalue weighted by Gasteiger charge is -2.33. The lowest BCUT2D eigenvalue weighted by Crippen LogP contribution is -2.25. The molecule has 3 heterocycles. The van der Waals surface area contributed by atoms with Crippen molar-refractivity contribution in [3.8, 4) is 51.0 Å². The topological polar surface area (TPSA) is 135 Å². The van der Waals surface area contributed by atoms with Crippen LogP contribution in [0, 0.1) is 0 Å². The molecule has 3 unspecified atom stereocenters. The summed E-state index contributed by atoms with van der Waals surface area (Å²) in [6, 6.07) is 38.7. The fourth-order valence-corrected chi connectivity index (χ4v) is 16.5. The van der Waals surface area contributed by atoms with Gasteiger partial charge in [-0.25, -0.2) is 4.89 Å². The van der Waals surface area contributed by atoms with Crippen LogP contribution < -0.4 is 33.7 Å². The van der Waals surface area contributed by atoms with Crippen LogP contribution in [-0.4, -0.2) is 16.8 Å². The van der Waals surface area contributed by atoms with Gasteiger partial charge in [-0.15, -0.1) is 0 Å². The van der Waals surface area contributed by atoms with E-state index in [0.717, 1.165) is 39.8 Å². The van der Waals surface area contributed by atoms with E-state index in [2.05, 4.69) is 6.08 Å². The van der Waals surface area contributed by atoms with Gasteiger partial charge in [0.1, 0.15) is 23.0 Å². The van der Waals surface area contributed by atoms with Crippen LogP contribution in [0.15, 0.2) is 145 Å². The maximum atomic E-state index is 15.9. The molecule has 10 nitrogen and oxygen atoms in total. The van der Waals surface area contributed by atoms with Gasteiger partial charge in [-0.1, -0.05) is 103 Å². The Hall–Kier alpha value is -6.01. The second kappa shape index (κ2) is 16.0. The van der Waals surface area contributed by atoms with Gasteiger partial charge in [0.25, 0.3) is 14.7 Å². The number of carbonyl (C=O) groups excluding carboxylic acids is 2. The Morgan fingerprint density at radius 2 is 1.19 bits per heavy atom. The van der Waals surface area contributed by atoms with Gasteiger partial charge in [-0.3, -0.25) is 18.7 Å². The number of ether oxygens (including phenoxy) is 2. The van der Waals surface area contributed by atoms with Gasteiger partial charge in [0.05, 0.1) is 17.6 Å². The molecular weight excluding hydrogens is 853 g/mol. The van der Waals surface area contributed by atoms with Gasteiger partial charge in [0, 0.05) is 58.1 Å². The second-order valence-corrected chi connectivity index (χ2v) is 23.1. The number of fused-ring (bicyclic) bond motifs is 8. The zero-order chi connectivity index (χ0) is 43.5. The average molecular weight is 896 g/mol. The van der Waals surface area contributed by atoms with E-state index < -0.39 is 34.4 Å². The fourth-order valence-electron chi connectivity index (χ4n) is 9.19. The molecule has 0 amide bonds. The molecule has 6 aromatic carbocycles. The Bertz CT molecular complexity index is 3060. The standard InChI is InChI=1S/C50H42O10P3/c1-32(51)56-49-34(29-61(53)46-26-14-9-20-40(46)37-17-6-11-22-43(37)58-61)28-35(30-62(54)47-27-15-10-21-41(47)38-18-7-12-23-44(38)59-62)50(57-33(2)52)42(49)31-63(55)48-25-5-3-4-19-39(48)36-16-8-13-24-45(36)60-63/h3,5-18,20-24,26-28,53H,4,19,25,29-31H2,1-2H3/q+1. The van der Waals surface area contributed by atoms with Crippen LogP contribution in [0.3, 0.4) is 0 Å². The molecule has 3 atom stereocenters. The molecule has 0 aromatic heterocycles. The first-order valence-electron chi connectivity index (χ1n) is 20.7. The molecule has 1 aliphatic carbocycles. The summed E-state index contributed by atoms with van der Waals surface area (Å²) in [6.45, 7) is 2.48. The number of rotatable bonds is 8. The molecule has 0 saturated heterocycles. The Kier molecular flexibility index (Phi) is 10.4. The SMILES string of the molecule is CC(=O)Oc1c(CP2(=O)Oc3ccccc3-c3ccccc32)cc(C[P+]2(O)Oc3ccccc3-c3ccccc32)c(OC(C)=O)c1CP1(=O)Oc2ccccc2C2=C1CC=CCC2. The van der Waals surface area contributed by atoms with Crippen molar-refractivity contribution in [2.24, 2.45) is 0 Å². The lowest BCUT2D eigenvalue weighted by atomic mass is 10.00. The molecule has 316 valence electrons. The normalized spacial score (nSPS) is 21.3. The maximum absolute atomic E-state index is 15.9. The molecule has 13 heteroatoms. The average Bonchev–Trinajstić information content (AvgIpc) is 3.54. The van der Waals surface area contributed by atoms with E-state index in [1.54, 1.807) is 42.5 Å². The van der Waals surface area contributed by atoms with Crippen LogP contribution in [0.4, 0.5) is 0 Å². The van der Waals surface area contributed by atoms with Gasteiger partial charge in [0.15, 0.2) is 17.2 Å². The molecule has 10 rings (SSSR count). The van der Waals surface area contributed by atoms with Crippen LogP contribution in [0.1, 0.15) is 55.4 Å². The quantitative estimate of drug-likeness (QED) is 0.0681. The Labute approximate surface area is 365 Å². The Morgan fingerprint density at radius 3 is 1.90 bits per heavy atom. The third-order valence-corrected chi connectivity index (χ3v) is 19.0. The molecule has 0 fully saturated rings. The fraction of sp³-hybridized carbons (Fsp3) is 0.160. The predicted octanol–water partition coefficient (Wildman–Crippen LogP) is 11.7. The molecule has 3 aliphatic heterocycles.